The van der Waals surface area contributed by atoms with Crippen molar-refractivity contribution in [1.29, 1.82) is 0 Å². The molecule has 0 fully saturated rings. The van der Waals surface area contributed by atoms with E-state index in [4.69, 9.17) is 17.3 Å². The highest BCUT2D eigenvalue weighted by Crippen LogP contribution is 2.32. The number of para-hydroxylation sites is 1. The van der Waals surface area contributed by atoms with Crippen LogP contribution < -0.4 is 5.73 Å². The van der Waals surface area contributed by atoms with Gasteiger partial charge in [-0.3, -0.25) is 0 Å². The number of anilines is 1. The Hall–Kier alpha value is -2.07. The summed E-state index contributed by atoms with van der Waals surface area (Å²) in [6, 6.07) is 10.5. The third-order valence-corrected chi connectivity index (χ3v) is 3.77. The molecular formula is C16H15ClFN3. The average Bonchev–Trinajstić information content (AvgIpc) is 2.83. The summed E-state index contributed by atoms with van der Waals surface area (Å²) < 4.78 is 16.0. The number of fused-ring (bicyclic) bond motifs is 1. The van der Waals surface area contributed by atoms with E-state index in [1.807, 2.05) is 30.5 Å². The van der Waals surface area contributed by atoms with Gasteiger partial charge in [0.2, 0.25) is 0 Å². The van der Waals surface area contributed by atoms with Gasteiger partial charge in [0.15, 0.2) is 5.82 Å². The van der Waals surface area contributed by atoms with E-state index in [2.05, 4.69) is 4.98 Å². The van der Waals surface area contributed by atoms with Gasteiger partial charge in [-0.05, 0) is 44.2 Å². The molecule has 1 aromatic heterocycles. The summed E-state index contributed by atoms with van der Waals surface area (Å²) in [5, 5.41) is 0.468. The Labute approximate surface area is 127 Å². The van der Waals surface area contributed by atoms with Crippen LogP contribution in [0, 0.1) is 5.82 Å². The standard InChI is InChI=1S/C16H15ClFN3/c1-9(2)21-14-5-3-4-12(18)15(14)20-16(21)10-6-7-13(19)11(17)8-10/h3-9H,19H2,1-2H3. The normalized spacial score (nSPS) is 11.5. The molecule has 0 bridgehead atoms. The Kier molecular flexibility index (Phi) is 3.33. The molecule has 0 saturated heterocycles. The molecule has 0 aliphatic heterocycles. The maximum atomic E-state index is 14.0. The minimum absolute atomic E-state index is 0.142. The molecule has 3 nitrogen and oxygen atoms in total. The lowest BCUT2D eigenvalue weighted by Crippen LogP contribution is -2.03. The number of nitrogens with two attached hydrogens (primary N) is 1. The molecule has 1 heterocycles. The maximum Gasteiger partial charge on any atom is 0.151 e. The molecule has 2 N–H and O–H groups in total. The number of aromatic nitrogens is 2. The largest absolute Gasteiger partial charge is 0.398 e. The lowest BCUT2D eigenvalue weighted by atomic mass is 10.2. The number of imidazole rings is 1. The average molecular weight is 304 g/mol. The summed E-state index contributed by atoms with van der Waals surface area (Å²) in [7, 11) is 0. The molecule has 3 rings (SSSR count). The Bertz CT molecular complexity index is 824. The van der Waals surface area contributed by atoms with Gasteiger partial charge in [-0.1, -0.05) is 17.7 Å². The van der Waals surface area contributed by atoms with E-state index in [1.54, 1.807) is 18.2 Å². The van der Waals surface area contributed by atoms with Crippen molar-refractivity contribution in [3.05, 3.63) is 47.2 Å². The summed E-state index contributed by atoms with van der Waals surface area (Å²) in [5.41, 5.74) is 8.22. The first-order valence-electron chi connectivity index (χ1n) is 6.71. The number of nitrogens with zero attached hydrogens (tertiary/aromatic N) is 2. The maximum absolute atomic E-state index is 14.0. The summed E-state index contributed by atoms with van der Waals surface area (Å²) in [4.78, 5) is 4.46. The zero-order chi connectivity index (χ0) is 15.1. The highest BCUT2D eigenvalue weighted by Gasteiger charge is 2.17. The lowest BCUT2D eigenvalue weighted by molar-refractivity contribution is 0.623. The lowest BCUT2D eigenvalue weighted by Gasteiger charge is -2.13. The topological polar surface area (TPSA) is 43.8 Å². The molecule has 0 unspecified atom stereocenters. The van der Waals surface area contributed by atoms with Crippen molar-refractivity contribution in [3.8, 4) is 11.4 Å². The van der Waals surface area contributed by atoms with Crippen molar-refractivity contribution in [2.75, 3.05) is 5.73 Å². The molecule has 3 aromatic rings. The van der Waals surface area contributed by atoms with E-state index in [-0.39, 0.29) is 11.9 Å². The molecule has 0 aliphatic rings. The van der Waals surface area contributed by atoms with Crippen LogP contribution in [0.4, 0.5) is 10.1 Å². The summed E-state index contributed by atoms with van der Waals surface area (Å²) in [5.74, 6) is 0.363. The van der Waals surface area contributed by atoms with E-state index < -0.39 is 0 Å². The van der Waals surface area contributed by atoms with Gasteiger partial charge < -0.3 is 10.3 Å². The van der Waals surface area contributed by atoms with E-state index in [1.165, 1.54) is 6.07 Å². The smallest absolute Gasteiger partial charge is 0.151 e. The molecule has 5 heteroatoms. The van der Waals surface area contributed by atoms with E-state index in [0.29, 0.717) is 22.1 Å². The van der Waals surface area contributed by atoms with Gasteiger partial charge >= 0.3 is 0 Å². The fourth-order valence-electron chi connectivity index (χ4n) is 2.48. The first-order chi connectivity index (χ1) is 9.99. The van der Waals surface area contributed by atoms with Crippen LogP contribution in [0.2, 0.25) is 5.02 Å². The van der Waals surface area contributed by atoms with Gasteiger partial charge in [-0.25, -0.2) is 9.37 Å². The van der Waals surface area contributed by atoms with Gasteiger partial charge in [-0.2, -0.15) is 0 Å². The first-order valence-corrected chi connectivity index (χ1v) is 7.08. The summed E-state index contributed by atoms with van der Waals surface area (Å²) in [6.07, 6.45) is 0. The molecule has 0 radical (unpaired) electrons. The number of hydrogen-bond acceptors (Lipinski definition) is 2. The van der Waals surface area contributed by atoms with Crippen molar-refractivity contribution in [2.24, 2.45) is 0 Å². The van der Waals surface area contributed by atoms with Gasteiger partial charge in [0.25, 0.3) is 0 Å². The number of rotatable bonds is 2. The molecule has 0 aliphatic carbocycles. The van der Waals surface area contributed by atoms with Crippen molar-refractivity contribution in [1.82, 2.24) is 9.55 Å². The quantitative estimate of drug-likeness (QED) is 0.700. The fraction of sp³-hybridized carbons (Fsp3) is 0.188. The fourth-order valence-corrected chi connectivity index (χ4v) is 2.66. The SMILES string of the molecule is CC(C)n1c(-c2ccc(N)c(Cl)c2)nc2c(F)cccc21. The van der Waals surface area contributed by atoms with Crippen LogP contribution in [0.1, 0.15) is 19.9 Å². The van der Waals surface area contributed by atoms with Gasteiger partial charge in [0, 0.05) is 11.6 Å². The molecule has 21 heavy (non-hydrogen) atoms. The van der Waals surface area contributed by atoms with Crippen LogP contribution in [-0.2, 0) is 0 Å². The van der Waals surface area contributed by atoms with Crippen LogP contribution in [-0.4, -0.2) is 9.55 Å². The number of benzene rings is 2. The van der Waals surface area contributed by atoms with E-state index >= 15 is 0 Å². The molecule has 0 amide bonds. The summed E-state index contributed by atoms with van der Waals surface area (Å²) in [6.45, 7) is 4.07. The van der Waals surface area contributed by atoms with Crippen LogP contribution in [0.5, 0.6) is 0 Å². The zero-order valence-corrected chi connectivity index (χ0v) is 12.5. The number of halogens is 2. The molecule has 2 aromatic carbocycles. The second-order valence-electron chi connectivity index (χ2n) is 5.24. The Balaban J connectivity index is 2.33. The third kappa shape index (κ3) is 2.25. The van der Waals surface area contributed by atoms with Crippen molar-refractivity contribution < 1.29 is 4.39 Å². The van der Waals surface area contributed by atoms with Crippen LogP contribution in [0.15, 0.2) is 36.4 Å². The van der Waals surface area contributed by atoms with Gasteiger partial charge in [0.05, 0.1) is 16.2 Å². The molecule has 0 spiro atoms. The molecule has 0 saturated carbocycles. The predicted molar refractivity (Wildman–Crippen MR) is 84.9 cm³/mol. The van der Waals surface area contributed by atoms with Gasteiger partial charge in [0.1, 0.15) is 11.3 Å². The number of hydrogen-bond donors (Lipinski definition) is 1. The van der Waals surface area contributed by atoms with E-state index in [9.17, 15) is 4.39 Å². The highest BCUT2D eigenvalue weighted by molar-refractivity contribution is 6.33. The highest BCUT2D eigenvalue weighted by atomic mass is 35.5. The monoisotopic (exact) mass is 303 g/mol. The summed E-state index contributed by atoms with van der Waals surface area (Å²) >= 11 is 6.09. The van der Waals surface area contributed by atoms with Crippen LogP contribution in [0.25, 0.3) is 22.4 Å². The second kappa shape index (κ2) is 5.04. The van der Waals surface area contributed by atoms with Gasteiger partial charge in [-0.15, -0.1) is 0 Å². The van der Waals surface area contributed by atoms with Crippen molar-refractivity contribution in [2.45, 2.75) is 19.9 Å². The molecular weight excluding hydrogens is 289 g/mol. The Morgan fingerprint density at radius 2 is 2.00 bits per heavy atom. The van der Waals surface area contributed by atoms with Crippen LogP contribution >= 0.6 is 11.6 Å². The van der Waals surface area contributed by atoms with Crippen LogP contribution in [0.3, 0.4) is 0 Å². The predicted octanol–water partition coefficient (Wildman–Crippen LogP) is 4.66. The number of nitrogen functional groups attached to an aromatic ring is 1. The first kappa shape index (κ1) is 13.9. The van der Waals surface area contributed by atoms with E-state index in [0.717, 1.165) is 11.1 Å². The van der Waals surface area contributed by atoms with Crippen molar-refractivity contribution in [3.63, 3.8) is 0 Å². The third-order valence-electron chi connectivity index (χ3n) is 3.45. The Morgan fingerprint density at radius 1 is 1.24 bits per heavy atom. The molecule has 108 valence electrons. The second-order valence-corrected chi connectivity index (χ2v) is 5.65. The minimum atomic E-state index is -0.324. The minimum Gasteiger partial charge on any atom is -0.398 e. The molecule has 0 atom stereocenters. The Morgan fingerprint density at radius 3 is 2.67 bits per heavy atom. The van der Waals surface area contributed by atoms with Crippen molar-refractivity contribution >= 4 is 28.3 Å². The zero-order valence-electron chi connectivity index (χ0n) is 11.8.